The second-order valence-corrected chi connectivity index (χ2v) is 5.44. The molecule has 0 bridgehead atoms. The minimum atomic E-state index is -0.278. The quantitative estimate of drug-likeness (QED) is 0.350. The molecule has 1 saturated heterocycles. The van der Waals surface area contributed by atoms with Crippen molar-refractivity contribution in [2.24, 2.45) is 0 Å². The average Bonchev–Trinajstić information content (AvgIpc) is 2.24. The van der Waals surface area contributed by atoms with Gasteiger partial charge in [-0.05, 0) is 33.6 Å². The minimum absolute atomic E-state index is 0.163. The molecule has 0 spiro atoms. The van der Waals surface area contributed by atoms with Crippen molar-refractivity contribution in [1.29, 1.82) is 0 Å². The lowest BCUT2D eigenvalue weighted by Gasteiger charge is -2.31. The van der Waals surface area contributed by atoms with E-state index in [-0.39, 0.29) is 11.5 Å². The van der Waals surface area contributed by atoms with E-state index in [1.807, 2.05) is 25.7 Å². The standard InChI is InChI=1S/C12H24N2O3/c1-10(15)14-7-5-11(6-8-14)13-9-16-17-12(2,3)4/h11,13H,5-9H2,1-4H3. The Balaban J connectivity index is 2.09. The summed E-state index contributed by atoms with van der Waals surface area (Å²) in [6.07, 6.45) is 1.94. The molecule has 0 aromatic rings. The van der Waals surface area contributed by atoms with Crippen molar-refractivity contribution < 1.29 is 14.6 Å². The fraction of sp³-hybridized carbons (Fsp3) is 0.917. The van der Waals surface area contributed by atoms with Crippen molar-refractivity contribution >= 4 is 5.91 Å². The molecule has 5 nitrogen and oxygen atoms in total. The number of likely N-dealkylation sites (tertiary alicyclic amines) is 1. The molecule has 1 aliphatic heterocycles. The van der Waals surface area contributed by atoms with Gasteiger partial charge in [-0.2, -0.15) is 0 Å². The molecule has 0 aliphatic carbocycles. The Bertz CT molecular complexity index is 243. The molecule has 0 saturated carbocycles. The molecule has 1 aliphatic rings. The number of carbonyl (C=O) groups is 1. The fourth-order valence-electron chi connectivity index (χ4n) is 1.76. The Morgan fingerprint density at radius 1 is 1.35 bits per heavy atom. The molecule has 0 radical (unpaired) electrons. The SMILES string of the molecule is CC(=O)N1CCC(NCOOC(C)(C)C)CC1. The van der Waals surface area contributed by atoms with E-state index in [0.29, 0.717) is 12.8 Å². The Hall–Kier alpha value is -0.650. The van der Waals surface area contributed by atoms with E-state index >= 15 is 0 Å². The summed E-state index contributed by atoms with van der Waals surface area (Å²) in [6.45, 7) is 9.49. The van der Waals surface area contributed by atoms with Crippen molar-refractivity contribution in [3.8, 4) is 0 Å². The van der Waals surface area contributed by atoms with Gasteiger partial charge in [-0.25, -0.2) is 9.78 Å². The van der Waals surface area contributed by atoms with Crippen LogP contribution in [0.15, 0.2) is 0 Å². The van der Waals surface area contributed by atoms with E-state index in [1.165, 1.54) is 0 Å². The van der Waals surface area contributed by atoms with E-state index in [4.69, 9.17) is 9.78 Å². The highest BCUT2D eigenvalue weighted by molar-refractivity contribution is 5.73. The van der Waals surface area contributed by atoms with Gasteiger partial charge >= 0.3 is 0 Å². The number of hydrogen-bond acceptors (Lipinski definition) is 4. The third-order valence-corrected chi connectivity index (χ3v) is 2.68. The first-order valence-corrected chi connectivity index (χ1v) is 6.18. The Labute approximate surface area is 103 Å². The number of hydrogen-bond donors (Lipinski definition) is 1. The summed E-state index contributed by atoms with van der Waals surface area (Å²) in [5, 5.41) is 3.27. The summed E-state index contributed by atoms with van der Waals surface area (Å²) < 4.78 is 0. The average molecular weight is 244 g/mol. The van der Waals surface area contributed by atoms with Gasteiger partial charge in [0, 0.05) is 26.1 Å². The molecule has 1 amide bonds. The summed E-state index contributed by atoms with van der Waals surface area (Å²) in [7, 11) is 0. The topological polar surface area (TPSA) is 50.8 Å². The number of amides is 1. The zero-order valence-corrected chi connectivity index (χ0v) is 11.3. The molecule has 0 aromatic carbocycles. The van der Waals surface area contributed by atoms with Gasteiger partial charge in [-0.1, -0.05) is 0 Å². The zero-order chi connectivity index (χ0) is 12.9. The van der Waals surface area contributed by atoms with Crippen LogP contribution in [0.4, 0.5) is 0 Å². The van der Waals surface area contributed by atoms with Gasteiger partial charge in [0.25, 0.3) is 0 Å². The van der Waals surface area contributed by atoms with Crippen molar-refractivity contribution in [2.75, 3.05) is 19.8 Å². The highest BCUT2D eigenvalue weighted by Crippen LogP contribution is 2.11. The van der Waals surface area contributed by atoms with E-state index in [0.717, 1.165) is 25.9 Å². The van der Waals surface area contributed by atoms with Crippen molar-refractivity contribution in [1.82, 2.24) is 10.2 Å². The van der Waals surface area contributed by atoms with Crippen molar-refractivity contribution in [3.05, 3.63) is 0 Å². The summed E-state index contributed by atoms with van der Waals surface area (Å²) in [5.41, 5.74) is -0.278. The van der Waals surface area contributed by atoms with Gasteiger partial charge < -0.3 is 4.90 Å². The summed E-state index contributed by atoms with van der Waals surface area (Å²) >= 11 is 0. The molecule has 1 fully saturated rings. The first kappa shape index (κ1) is 14.4. The molecule has 17 heavy (non-hydrogen) atoms. The Morgan fingerprint density at radius 2 is 1.94 bits per heavy atom. The molecule has 100 valence electrons. The largest absolute Gasteiger partial charge is 0.343 e. The van der Waals surface area contributed by atoms with Crippen LogP contribution in [0.2, 0.25) is 0 Å². The number of piperidine rings is 1. The maximum Gasteiger partial charge on any atom is 0.219 e. The second kappa shape index (κ2) is 6.33. The fourth-order valence-corrected chi connectivity index (χ4v) is 1.76. The third-order valence-electron chi connectivity index (χ3n) is 2.68. The highest BCUT2D eigenvalue weighted by atomic mass is 17.2. The van der Waals surface area contributed by atoms with E-state index in [2.05, 4.69) is 5.32 Å². The van der Waals surface area contributed by atoms with Crippen LogP contribution in [0.1, 0.15) is 40.5 Å². The molecule has 1 heterocycles. The third kappa shape index (κ3) is 6.00. The van der Waals surface area contributed by atoms with Crippen LogP contribution < -0.4 is 5.32 Å². The summed E-state index contributed by atoms with van der Waals surface area (Å²) in [5.74, 6) is 0.163. The van der Waals surface area contributed by atoms with Crippen molar-refractivity contribution in [3.63, 3.8) is 0 Å². The van der Waals surface area contributed by atoms with Gasteiger partial charge in [-0.3, -0.25) is 10.1 Å². The van der Waals surface area contributed by atoms with Gasteiger partial charge in [0.15, 0.2) is 0 Å². The molecular formula is C12H24N2O3. The smallest absolute Gasteiger partial charge is 0.219 e. The van der Waals surface area contributed by atoms with Crippen LogP contribution in [0.5, 0.6) is 0 Å². The molecular weight excluding hydrogens is 220 g/mol. The molecule has 0 aromatic heterocycles. The number of rotatable bonds is 4. The minimum Gasteiger partial charge on any atom is -0.343 e. The Kier molecular flexibility index (Phi) is 5.36. The number of carbonyl (C=O) groups excluding carboxylic acids is 1. The highest BCUT2D eigenvalue weighted by Gasteiger charge is 2.20. The lowest BCUT2D eigenvalue weighted by molar-refractivity contribution is -0.352. The van der Waals surface area contributed by atoms with Crippen molar-refractivity contribution in [2.45, 2.75) is 52.2 Å². The number of nitrogens with one attached hydrogen (secondary N) is 1. The maximum atomic E-state index is 11.1. The zero-order valence-electron chi connectivity index (χ0n) is 11.3. The first-order valence-electron chi connectivity index (χ1n) is 6.18. The predicted molar refractivity (Wildman–Crippen MR) is 65.2 cm³/mol. The van der Waals surface area contributed by atoms with E-state index < -0.39 is 0 Å². The van der Waals surface area contributed by atoms with Crippen LogP contribution in [0, 0.1) is 0 Å². The molecule has 0 unspecified atom stereocenters. The molecule has 1 N–H and O–H groups in total. The van der Waals surface area contributed by atoms with Crippen LogP contribution in [0.25, 0.3) is 0 Å². The van der Waals surface area contributed by atoms with E-state index in [9.17, 15) is 4.79 Å². The lowest BCUT2D eigenvalue weighted by Crippen LogP contribution is -2.44. The van der Waals surface area contributed by atoms with Gasteiger partial charge in [-0.15, -0.1) is 0 Å². The van der Waals surface area contributed by atoms with Gasteiger partial charge in [0.05, 0.1) is 5.60 Å². The van der Waals surface area contributed by atoms with Crippen LogP contribution in [-0.2, 0) is 14.6 Å². The molecule has 5 heteroatoms. The normalized spacial score (nSPS) is 18.5. The van der Waals surface area contributed by atoms with Crippen LogP contribution in [-0.4, -0.2) is 42.3 Å². The molecule has 1 rings (SSSR count). The van der Waals surface area contributed by atoms with Crippen LogP contribution in [0.3, 0.4) is 0 Å². The summed E-state index contributed by atoms with van der Waals surface area (Å²) in [6, 6.07) is 0.411. The number of nitrogens with zero attached hydrogens (tertiary/aromatic N) is 1. The maximum absolute atomic E-state index is 11.1. The van der Waals surface area contributed by atoms with Gasteiger partial charge in [0.1, 0.15) is 6.73 Å². The lowest BCUT2D eigenvalue weighted by atomic mass is 10.1. The Morgan fingerprint density at radius 3 is 2.41 bits per heavy atom. The predicted octanol–water partition coefficient (Wildman–Crippen LogP) is 1.29. The monoisotopic (exact) mass is 244 g/mol. The second-order valence-electron chi connectivity index (χ2n) is 5.44. The first-order chi connectivity index (χ1) is 7.88. The summed E-state index contributed by atoms with van der Waals surface area (Å²) in [4.78, 5) is 23.3. The molecule has 0 atom stereocenters. The van der Waals surface area contributed by atoms with Gasteiger partial charge in [0.2, 0.25) is 5.91 Å². The van der Waals surface area contributed by atoms with E-state index in [1.54, 1.807) is 6.92 Å². The van der Waals surface area contributed by atoms with Crippen LogP contribution >= 0.6 is 0 Å².